The number of H-pyrrole nitrogens is 1. The molecule has 2 aromatic heterocycles. The van der Waals surface area contributed by atoms with Crippen LogP contribution in [0.15, 0.2) is 35.1 Å². The molecule has 0 radical (unpaired) electrons. The average molecular weight is 352 g/mol. The van der Waals surface area contributed by atoms with Crippen LogP contribution in [0.4, 0.5) is 0 Å². The van der Waals surface area contributed by atoms with Gasteiger partial charge in [0.05, 0.1) is 7.11 Å². The highest BCUT2D eigenvalue weighted by Gasteiger charge is 2.26. The van der Waals surface area contributed by atoms with Crippen molar-refractivity contribution in [1.29, 1.82) is 0 Å². The largest absolute Gasteiger partial charge is 0.497 e. The van der Waals surface area contributed by atoms with Crippen LogP contribution in [0.1, 0.15) is 34.9 Å². The van der Waals surface area contributed by atoms with Gasteiger partial charge in [0.15, 0.2) is 5.65 Å². The zero-order valence-corrected chi connectivity index (χ0v) is 15.5. The number of aromatic nitrogens is 3. The summed E-state index contributed by atoms with van der Waals surface area (Å²) >= 11 is 0. The van der Waals surface area contributed by atoms with Gasteiger partial charge in [-0.15, -0.1) is 0 Å². The van der Waals surface area contributed by atoms with E-state index < -0.39 is 0 Å². The summed E-state index contributed by atoms with van der Waals surface area (Å²) in [5.41, 5.74) is 4.54. The van der Waals surface area contributed by atoms with Gasteiger partial charge in [0, 0.05) is 42.0 Å². The highest BCUT2D eigenvalue weighted by molar-refractivity contribution is 5.42. The van der Waals surface area contributed by atoms with Crippen LogP contribution in [0.5, 0.6) is 5.75 Å². The molecule has 6 nitrogen and oxygen atoms in total. The molecular weight excluding hydrogens is 328 g/mol. The molecule has 1 fully saturated rings. The average Bonchev–Trinajstić information content (AvgIpc) is 3.27. The molecule has 1 N–H and O–H groups in total. The first-order chi connectivity index (χ1) is 12.5. The van der Waals surface area contributed by atoms with E-state index in [0.717, 1.165) is 43.2 Å². The number of aromatic amines is 1. The fourth-order valence-corrected chi connectivity index (χ4v) is 3.71. The van der Waals surface area contributed by atoms with Crippen molar-refractivity contribution in [3.63, 3.8) is 0 Å². The number of rotatable bonds is 4. The number of fused-ring (bicyclic) bond motifs is 1. The smallest absolute Gasteiger partial charge is 0.275 e. The summed E-state index contributed by atoms with van der Waals surface area (Å²) in [5.74, 6) is 1.28. The molecule has 0 saturated carbocycles. The highest BCUT2D eigenvalue weighted by Crippen LogP contribution is 2.28. The van der Waals surface area contributed by atoms with Crippen molar-refractivity contribution >= 4 is 5.65 Å². The van der Waals surface area contributed by atoms with Gasteiger partial charge < -0.3 is 4.74 Å². The second-order valence-electron chi connectivity index (χ2n) is 7.10. The number of hydrogen-bond acceptors (Lipinski definition) is 4. The van der Waals surface area contributed by atoms with Crippen LogP contribution < -0.4 is 10.3 Å². The van der Waals surface area contributed by atoms with E-state index in [1.807, 2.05) is 32.0 Å². The van der Waals surface area contributed by atoms with Crippen molar-refractivity contribution in [3.05, 3.63) is 63.2 Å². The van der Waals surface area contributed by atoms with Gasteiger partial charge in [-0.05, 0) is 44.5 Å². The lowest BCUT2D eigenvalue weighted by atomic mass is 10.1. The predicted molar refractivity (Wildman–Crippen MR) is 101 cm³/mol. The van der Waals surface area contributed by atoms with Crippen molar-refractivity contribution in [3.8, 4) is 5.75 Å². The Balaban J connectivity index is 1.52. The zero-order chi connectivity index (χ0) is 18.3. The Kier molecular flexibility index (Phi) is 4.28. The molecule has 6 heteroatoms. The Labute approximate surface area is 152 Å². The molecular formula is C20H24N4O2. The SMILES string of the molecule is COc1cccc(CN2CC[C@H](c3cc4nc(C)c(C)c(=O)n4[nH]3)C2)c1. The molecule has 4 rings (SSSR count). The van der Waals surface area contributed by atoms with Gasteiger partial charge in [0.1, 0.15) is 5.75 Å². The first-order valence-electron chi connectivity index (χ1n) is 8.99. The van der Waals surface area contributed by atoms with E-state index in [9.17, 15) is 4.79 Å². The van der Waals surface area contributed by atoms with Crippen molar-refractivity contribution in [2.75, 3.05) is 20.2 Å². The number of likely N-dealkylation sites (tertiary alicyclic amines) is 1. The fourth-order valence-electron chi connectivity index (χ4n) is 3.71. The third kappa shape index (κ3) is 3.01. The third-order valence-corrected chi connectivity index (χ3v) is 5.36. The number of nitrogens with one attached hydrogen (secondary N) is 1. The summed E-state index contributed by atoms with van der Waals surface area (Å²) in [6, 6.07) is 10.2. The lowest BCUT2D eigenvalue weighted by Gasteiger charge is -2.16. The van der Waals surface area contributed by atoms with E-state index in [1.54, 1.807) is 11.6 Å². The van der Waals surface area contributed by atoms with Crippen LogP contribution in [-0.2, 0) is 6.54 Å². The topological polar surface area (TPSA) is 62.6 Å². The van der Waals surface area contributed by atoms with Gasteiger partial charge in [0.25, 0.3) is 5.56 Å². The zero-order valence-electron chi connectivity index (χ0n) is 15.5. The molecule has 1 aromatic carbocycles. The lowest BCUT2D eigenvalue weighted by molar-refractivity contribution is 0.325. The molecule has 0 unspecified atom stereocenters. The number of aryl methyl sites for hydroxylation is 1. The Morgan fingerprint density at radius 1 is 1.31 bits per heavy atom. The minimum absolute atomic E-state index is 0.00927. The molecule has 26 heavy (non-hydrogen) atoms. The fraction of sp³-hybridized carbons (Fsp3) is 0.400. The highest BCUT2D eigenvalue weighted by atomic mass is 16.5. The molecule has 3 heterocycles. The monoisotopic (exact) mass is 352 g/mol. The molecule has 1 atom stereocenters. The summed E-state index contributed by atoms with van der Waals surface area (Å²) in [6.45, 7) is 6.62. The van der Waals surface area contributed by atoms with Gasteiger partial charge in [-0.1, -0.05) is 12.1 Å². The molecule has 136 valence electrons. The van der Waals surface area contributed by atoms with E-state index in [1.165, 1.54) is 5.56 Å². The van der Waals surface area contributed by atoms with E-state index in [0.29, 0.717) is 17.1 Å². The van der Waals surface area contributed by atoms with Gasteiger partial charge >= 0.3 is 0 Å². The summed E-state index contributed by atoms with van der Waals surface area (Å²) in [5, 5.41) is 3.27. The maximum absolute atomic E-state index is 12.4. The van der Waals surface area contributed by atoms with Crippen molar-refractivity contribution in [1.82, 2.24) is 19.5 Å². The lowest BCUT2D eigenvalue weighted by Crippen LogP contribution is -2.20. The first kappa shape index (κ1) is 16.8. The van der Waals surface area contributed by atoms with Gasteiger partial charge in [-0.3, -0.25) is 14.8 Å². The van der Waals surface area contributed by atoms with Crippen LogP contribution in [-0.4, -0.2) is 39.7 Å². The number of ether oxygens (including phenoxy) is 1. The number of hydrogen-bond donors (Lipinski definition) is 1. The standard InChI is InChI=1S/C20H24N4O2/c1-13-14(2)21-19-10-18(22-24(19)20(13)25)16-7-8-23(12-16)11-15-5-4-6-17(9-15)26-3/h4-6,9-10,16,22H,7-8,11-12H2,1-3H3/t16-/m0/s1. The van der Waals surface area contributed by atoms with Crippen molar-refractivity contribution in [2.45, 2.75) is 32.7 Å². The summed E-state index contributed by atoms with van der Waals surface area (Å²) < 4.78 is 6.88. The van der Waals surface area contributed by atoms with Crippen LogP contribution in [0, 0.1) is 13.8 Å². The number of benzene rings is 1. The first-order valence-corrected chi connectivity index (χ1v) is 8.99. The molecule has 0 spiro atoms. The molecule has 3 aromatic rings. The second-order valence-corrected chi connectivity index (χ2v) is 7.10. The van der Waals surface area contributed by atoms with E-state index in [4.69, 9.17) is 4.74 Å². The summed E-state index contributed by atoms with van der Waals surface area (Å²) in [4.78, 5) is 19.4. The summed E-state index contributed by atoms with van der Waals surface area (Å²) in [7, 11) is 1.69. The number of nitrogens with zero attached hydrogens (tertiary/aromatic N) is 3. The van der Waals surface area contributed by atoms with Gasteiger partial charge in [0.2, 0.25) is 0 Å². The molecule has 0 bridgehead atoms. The van der Waals surface area contributed by atoms with E-state index in [2.05, 4.69) is 27.1 Å². The maximum atomic E-state index is 12.4. The maximum Gasteiger partial charge on any atom is 0.275 e. The van der Waals surface area contributed by atoms with Gasteiger partial charge in [-0.2, -0.15) is 0 Å². The molecule has 0 aliphatic carbocycles. The minimum Gasteiger partial charge on any atom is -0.497 e. The molecule has 1 aliphatic heterocycles. The second kappa shape index (κ2) is 6.61. The third-order valence-electron chi connectivity index (χ3n) is 5.36. The van der Waals surface area contributed by atoms with Crippen molar-refractivity contribution in [2.24, 2.45) is 0 Å². The van der Waals surface area contributed by atoms with Crippen molar-refractivity contribution < 1.29 is 4.74 Å². The molecule has 1 saturated heterocycles. The van der Waals surface area contributed by atoms with Crippen LogP contribution in [0.3, 0.4) is 0 Å². The Bertz CT molecular complexity index is 1000. The molecule has 0 amide bonds. The van der Waals surface area contributed by atoms with Crippen LogP contribution in [0.25, 0.3) is 5.65 Å². The van der Waals surface area contributed by atoms with E-state index in [-0.39, 0.29) is 5.56 Å². The minimum atomic E-state index is -0.00927. The number of methoxy groups -OCH3 is 1. The summed E-state index contributed by atoms with van der Waals surface area (Å²) in [6.07, 6.45) is 1.07. The van der Waals surface area contributed by atoms with Gasteiger partial charge in [-0.25, -0.2) is 9.50 Å². The Morgan fingerprint density at radius 2 is 2.15 bits per heavy atom. The van der Waals surface area contributed by atoms with E-state index >= 15 is 0 Å². The van der Waals surface area contributed by atoms with Crippen LogP contribution in [0.2, 0.25) is 0 Å². The molecule has 1 aliphatic rings. The van der Waals surface area contributed by atoms with Crippen LogP contribution >= 0.6 is 0 Å². The Hall–Kier alpha value is -2.60. The normalized spacial score (nSPS) is 17.9. The Morgan fingerprint density at radius 3 is 2.96 bits per heavy atom. The predicted octanol–water partition coefficient (Wildman–Crippen LogP) is 2.64. The quantitative estimate of drug-likeness (QED) is 0.784.